The first-order valence-electron chi connectivity index (χ1n) is 5.56. The van der Waals surface area contributed by atoms with Crippen LogP contribution in [0.5, 0.6) is 0 Å². The highest BCUT2D eigenvalue weighted by Gasteiger charge is 2.01. The molecule has 0 spiro atoms. The molecule has 0 unspecified atom stereocenters. The first-order valence-corrected chi connectivity index (χ1v) is 5.56. The van der Waals surface area contributed by atoms with E-state index in [2.05, 4.69) is 26.8 Å². The third kappa shape index (κ3) is 8.09. The second-order valence-electron chi connectivity index (χ2n) is 4.34. The van der Waals surface area contributed by atoms with Crippen molar-refractivity contribution in [2.45, 2.75) is 33.6 Å². The summed E-state index contributed by atoms with van der Waals surface area (Å²) in [7, 11) is 3.35. The third-order valence-electron chi connectivity index (χ3n) is 2.10. The number of hydrogen-bond acceptors (Lipinski definition) is 2. The number of allylic oxidation sites excluding steroid dienone is 3. The summed E-state index contributed by atoms with van der Waals surface area (Å²) in [6.45, 7) is 6.61. The summed E-state index contributed by atoms with van der Waals surface area (Å²) in [6, 6.07) is 0. The van der Waals surface area contributed by atoms with Crippen molar-refractivity contribution in [3.05, 3.63) is 23.3 Å². The van der Waals surface area contributed by atoms with E-state index >= 15 is 0 Å². The zero-order chi connectivity index (χ0) is 12.6. The Morgan fingerprint density at radius 2 is 1.81 bits per heavy atom. The molecule has 0 aromatic rings. The molecule has 0 saturated carbocycles. The maximum Gasteiger partial charge on any atom is 0.409 e. The molecule has 0 aromatic carbocycles. The van der Waals surface area contributed by atoms with Crippen molar-refractivity contribution < 1.29 is 9.53 Å². The van der Waals surface area contributed by atoms with Gasteiger partial charge in [-0.25, -0.2) is 4.79 Å². The van der Waals surface area contributed by atoms with Crippen molar-refractivity contribution in [2.75, 3.05) is 20.7 Å². The highest BCUT2D eigenvalue weighted by atomic mass is 16.5. The minimum absolute atomic E-state index is 0.298. The zero-order valence-corrected chi connectivity index (χ0v) is 11.0. The lowest BCUT2D eigenvalue weighted by molar-refractivity contribution is 0.129. The minimum atomic E-state index is -0.298. The lowest BCUT2D eigenvalue weighted by Crippen LogP contribution is -2.22. The average molecular weight is 225 g/mol. The molecule has 3 nitrogen and oxygen atoms in total. The van der Waals surface area contributed by atoms with Crippen LogP contribution in [0.1, 0.15) is 33.6 Å². The van der Waals surface area contributed by atoms with Crippen LogP contribution in [-0.4, -0.2) is 31.7 Å². The smallest absolute Gasteiger partial charge is 0.409 e. The van der Waals surface area contributed by atoms with Crippen LogP contribution in [0.25, 0.3) is 0 Å². The molecule has 92 valence electrons. The molecule has 0 radical (unpaired) electrons. The van der Waals surface area contributed by atoms with Crippen molar-refractivity contribution in [1.82, 2.24) is 4.90 Å². The van der Waals surface area contributed by atoms with Crippen LogP contribution in [0.3, 0.4) is 0 Å². The van der Waals surface area contributed by atoms with Gasteiger partial charge in [-0.1, -0.05) is 17.2 Å². The maximum absolute atomic E-state index is 11.1. The lowest BCUT2D eigenvalue weighted by Gasteiger charge is -2.09. The highest BCUT2D eigenvalue weighted by molar-refractivity contribution is 5.66. The van der Waals surface area contributed by atoms with E-state index in [9.17, 15) is 4.79 Å². The number of ether oxygens (including phenoxy) is 1. The van der Waals surface area contributed by atoms with Gasteiger partial charge in [0.2, 0.25) is 0 Å². The number of amides is 1. The van der Waals surface area contributed by atoms with Crippen LogP contribution in [-0.2, 0) is 4.74 Å². The molecule has 3 heteroatoms. The molecule has 0 aliphatic rings. The molecule has 0 rings (SSSR count). The predicted octanol–water partition coefficient (Wildman–Crippen LogP) is 3.38. The minimum Gasteiger partial charge on any atom is -0.445 e. The molecule has 0 N–H and O–H groups in total. The van der Waals surface area contributed by atoms with Crippen LogP contribution < -0.4 is 0 Å². The molecule has 0 fully saturated rings. The third-order valence-corrected chi connectivity index (χ3v) is 2.10. The summed E-state index contributed by atoms with van der Waals surface area (Å²) in [5.74, 6) is 0. The Morgan fingerprint density at radius 3 is 2.31 bits per heavy atom. The second kappa shape index (κ2) is 7.97. The first kappa shape index (κ1) is 14.8. The molecule has 0 atom stereocenters. The predicted molar refractivity (Wildman–Crippen MR) is 67.5 cm³/mol. The molecule has 0 aliphatic heterocycles. The fourth-order valence-corrected chi connectivity index (χ4v) is 1.07. The van der Waals surface area contributed by atoms with Gasteiger partial charge < -0.3 is 9.64 Å². The Labute approximate surface area is 98.8 Å². The first-order chi connectivity index (χ1) is 7.43. The van der Waals surface area contributed by atoms with E-state index in [1.165, 1.54) is 16.0 Å². The summed E-state index contributed by atoms with van der Waals surface area (Å²) in [6.07, 6.45) is 5.94. The van der Waals surface area contributed by atoms with Crippen molar-refractivity contribution >= 4 is 6.09 Å². The van der Waals surface area contributed by atoms with Gasteiger partial charge in [0, 0.05) is 14.1 Å². The molecule has 0 aliphatic carbocycles. The van der Waals surface area contributed by atoms with E-state index in [4.69, 9.17) is 4.74 Å². The fraction of sp³-hybridized carbons (Fsp3) is 0.615. The summed E-state index contributed by atoms with van der Waals surface area (Å²) in [5.41, 5.74) is 2.59. The summed E-state index contributed by atoms with van der Waals surface area (Å²) in [5, 5.41) is 0. The molecule has 16 heavy (non-hydrogen) atoms. The van der Waals surface area contributed by atoms with E-state index in [0.29, 0.717) is 6.61 Å². The van der Waals surface area contributed by atoms with Gasteiger partial charge in [-0.15, -0.1) is 0 Å². The molecule has 0 bridgehead atoms. The van der Waals surface area contributed by atoms with Crippen molar-refractivity contribution in [3.63, 3.8) is 0 Å². The number of rotatable bonds is 5. The number of carbonyl (C=O) groups excluding carboxylic acids is 1. The number of hydrogen-bond donors (Lipinski definition) is 0. The summed E-state index contributed by atoms with van der Waals surface area (Å²) >= 11 is 0. The molecule has 0 heterocycles. The Morgan fingerprint density at radius 1 is 1.19 bits per heavy atom. The van der Waals surface area contributed by atoms with Crippen LogP contribution >= 0.6 is 0 Å². The Bertz CT molecular complexity index is 274. The standard InChI is InChI=1S/C13H23NO2/c1-11(2)7-6-8-12(3)9-10-16-13(15)14(4)5/h7,9H,6,8,10H2,1-5H3. The molecule has 0 saturated heterocycles. The Balaban J connectivity index is 3.79. The van der Waals surface area contributed by atoms with Gasteiger partial charge in [0.25, 0.3) is 0 Å². The Kier molecular flexibility index (Phi) is 7.34. The normalized spacial score (nSPS) is 10.9. The monoisotopic (exact) mass is 225 g/mol. The van der Waals surface area contributed by atoms with Crippen molar-refractivity contribution in [3.8, 4) is 0 Å². The molecule has 0 aromatic heterocycles. The van der Waals surface area contributed by atoms with Gasteiger partial charge in [0.1, 0.15) is 6.61 Å². The van der Waals surface area contributed by atoms with Gasteiger partial charge in [-0.2, -0.15) is 0 Å². The number of carbonyl (C=O) groups is 1. The van der Waals surface area contributed by atoms with Gasteiger partial charge in [0.05, 0.1) is 0 Å². The number of nitrogens with zero attached hydrogens (tertiary/aromatic N) is 1. The van der Waals surface area contributed by atoms with Gasteiger partial charge in [-0.05, 0) is 39.7 Å². The fourth-order valence-electron chi connectivity index (χ4n) is 1.07. The van der Waals surface area contributed by atoms with E-state index < -0.39 is 0 Å². The maximum atomic E-state index is 11.1. The second-order valence-corrected chi connectivity index (χ2v) is 4.34. The topological polar surface area (TPSA) is 29.5 Å². The lowest BCUT2D eigenvalue weighted by atomic mass is 10.1. The Hall–Kier alpha value is -1.25. The van der Waals surface area contributed by atoms with Gasteiger partial charge in [-0.3, -0.25) is 0 Å². The van der Waals surface area contributed by atoms with Crippen LogP contribution in [0.2, 0.25) is 0 Å². The van der Waals surface area contributed by atoms with Crippen LogP contribution in [0, 0.1) is 0 Å². The quantitative estimate of drug-likeness (QED) is 0.671. The molecular formula is C13H23NO2. The van der Waals surface area contributed by atoms with Gasteiger partial charge in [0.15, 0.2) is 0 Å². The molecular weight excluding hydrogens is 202 g/mol. The van der Waals surface area contributed by atoms with Crippen LogP contribution in [0.4, 0.5) is 4.79 Å². The average Bonchev–Trinajstić information content (AvgIpc) is 2.16. The molecule has 1 amide bonds. The van der Waals surface area contributed by atoms with E-state index in [1.54, 1.807) is 14.1 Å². The van der Waals surface area contributed by atoms with Crippen molar-refractivity contribution in [2.24, 2.45) is 0 Å². The van der Waals surface area contributed by atoms with Crippen LogP contribution in [0.15, 0.2) is 23.3 Å². The van der Waals surface area contributed by atoms with E-state index in [0.717, 1.165) is 12.8 Å². The summed E-state index contributed by atoms with van der Waals surface area (Å²) < 4.78 is 5.00. The van der Waals surface area contributed by atoms with Gasteiger partial charge >= 0.3 is 6.09 Å². The van der Waals surface area contributed by atoms with E-state index in [1.807, 2.05) is 6.08 Å². The summed E-state index contributed by atoms with van der Waals surface area (Å²) in [4.78, 5) is 12.5. The zero-order valence-electron chi connectivity index (χ0n) is 11.0. The van der Waals surface area contributed by atoms with E-state index in [-0.39, 0.29) is 6.09 Å². The van der Waals surface area contributed by atoms with Crippen molar-refractivity contribution in [1.29, 1.82) is 0 Å². The SMILES string of the molecule is CC(C)=CCCC(C)=CCOC(=O)N(C)C. The largest absolute Gasteiger partial charge is 0.445 e. The highest BCUT2D eigenvalue weighted by Crippen LogP contribution is 2.06.